The molecular weight excluding hydrogens is 368 g/mol. The number of benzene rings is 2. The number of amides is 1. The SMILES string of the molecule is COc1ccc(C(=O)O[C@H](C)C(=O)Nc2ccc(C(C)=O)cc2)cc1[N+](=O)[O-]. The van der Waals surface area contributed by atoms with Gasteiger partial charge in [-0.2, -0.15) is 0 Å². The average molecular weight is 386 g/mol. The Labute approximate surface area is 160 Å². The number of rotatable bonds is 7. The molecule has 0 unspecified atom stereocenters. The van der Waals surface area contributed by atoms with Crippen LogP contribution in [0.4, 0.5) is 11.4 Å². The van der Waals surface area contributed by atoms with Crippen molar-refractivity contribution in [2.45, 2.75) is 20.0 Å². The van der Waals surface area contributed by atoms with E-state index in [1.807, 2.05) is 0 Å². The van der Waals surface area contributed by atoms with Crippen molar-refractivity contribution in [2.24, 2.45) is 0 Å². The predicted molar refractivity (Wildman–Crippen MR) is 99.6 cm³/mol. The van der Waals surface area contributed by atoms with E-state index >= 15 is 0 Å². The maximum atomic E-state index is 12.2. The monoisotopic (exact) mass is 386 g/mol. The van der Waals surface area contributed by atoms with E-state index in [0.717, 1.165) is 6.07 Å². The highest BCUT2D eigenvalue weighted by atomic mass is 16.6. The number of nitrogens with one attached hydrogen (secondary N) is 1. The quantitative estimate of drug-likeness (QED) is 0.336. The van der Waals surface area contributed by atoms with Crippen LogP contribution in [0, 0.1) is 10.1 Å². The lowest BCUT2D eigenvalue weighted by molar-refractivity contribution is -0.385. The number of esters is 1. The van der Waals surface area contributed by atoms with E-state index in [1.165, 1.54) is 33.1 Å². The van der Waals surface area contributed by atoms with Crippen molar-refractivity contribution in [1.29, 1.82) is 0 Å². The molecule has 2 aromatic rings. The Morgan fingerprint density at radius 3 is 2.21 bits per heavy atom. The molecule has 0 radical (unpaired) electrons. The van der Waals surface area contributed by atoms with Crippen molar-refractivity contribution in [2.75, 3.05) is 12.4 Å². The number of ketones is 1. The number of anilines is 1. The van der Waals surface area contributed by atoms with E-state index in [4.69, 9.17) is 9.47 Å². The Balaban J connectivity index is 2.05. The molecule has 0 bridgehead atoms. The van der Waals surface area contributed by atoms with Gasteiger partial charge in [0.15, 0.2) is 17.6 Å². The van der Waals surface area contributed by atoms with Crippen LogP contribution in [0.25, 0.3) is 0 Å². The topological polar surface area (TPSA) is 125 Å². The first-order valence-electron chi connectivity index (χ1n) is 8.18. The normalized spacial score (nSPS) is 11.2. The van der Waals surface area contributed by atoms with Gasteiger partial charge in [-0.15, -0.1) is 0 Å². The van der Waals surface area contributed by atoms with Gasteiger partial charge in [0.05, 0.1) is 17.6 Å². The number of nitro groups is 1. The van der Waals surface area contributed by atoms with Crippen LogP contribution in [0.1, 0.15) is 34.6 Å². The number of nitrogens with zero attached hydrogens (tertiary/aromatic N) is 1. The summed E-state index contributed by atoms with van der Waals surface area (Å²) in [7, 11) is 1.27. The summed E-state index contributed by atoms with van der Waals surface area (Å²) in [4.78, 5) is 46.0. The van der Waals surface area contributed by atoms with Crippen LogP contribution in [-0.2, 0) is 9.53 Å². The maximum Gasteiger partial charge on any atom is 0.339 e. The molecule has 0 aromatic heterocycles. The second kappa shape index (κ2) is 8.76. The van der Waals surface area contributed by atoms with Crippen LogP contribution < -0.4 is 10.1 Å². The van der Waals surface area contributed by atoms with Crippen molar-refractivity contribution >= 4 is 29.0 Å². The van der Waals surface area contributed by atoms with Crippen molar-refractivity contribution in [3.05, 3.63) is 63.7 Å². The van der Waals surface area contributed by atoms with Crippen molar-refractivity contribution in [3.63, 3.8) is 0 Å². The third-order valence-corrected chi connectivity index (χ3v) is 3.82. The van der Waals surface area contributed by atoms with E-state index in [2.05, 4.69) is 5.32 Å². The number of nitro benzene ring substituents is 1. The first-order chi connectivity index (χ1) is 13.2. The van der Waals surface area contributed by atoms with Crippen LogP contribution in [0.3, 0.4) is 0 Å². The van der Waals surface area contributed by atoms with Gasteiger partial charge in [-0.3, -0.25) is 19.7 Å². The van der Waals surface area contributed by atoms with Crippen molar-refractivity contribution < 1.29 is 28.8 Å². The molecule has 1 atom stereocenters. The molecule has 0 fully saturated rings. The Bertz CT molecular complexity index is 922. The molecule has 1 amide bonds. The standard InChI is InChI=1S/C19H18N2O7/c1-11(22)13-4-7-15(8-5-13)20-18(23)12(2)28-19(24)14-6-9-17(27-3)16(10-14)21(25)26/h4-10,12H,1-3H3,(H,20,23)/t12-/m1/s1. The van der Waals surface area contributed by atoms with Crippen LogP contribution >= 0.6 is 0 Å². The van der Waals surface area contributed by atoms with Gasteiger partial charge in [0, 0.05) is 17.3 Å². The Hall–Kier alpha value is -3.75. The van der Waals surface area contributed by atoms with Gasteiger partial charge in [-0.05, 0) is 50.2 Å². The second-order valence-electron chi connectivity index (χ2n) is 5.81. The third kappa shape index (κ3) is 4.91. The average Bonchev–Trinajstić information content (AvgIpc) is 2.67. The lowest BCUT2D eigenvalue weighted by Crippen LogP contribution is -2.30. The van der Waals surface area contributed by atoms with Crippen LogP contribution in [0.5, 0.6) is 5.75 Å². The zero-order valence-corrected chi connectivity index (χ0v) is 15.4. The molecule has 0 aliphatic rings. The number of ether oxygens (including phenoxy) is 2. The van der Waals surface area contributed by atoms with Gasteiger partial charge < -0.3 is 14.8 Å². The molecule has 0 heterocycles. The minimum atomic E-state index is -1.15. The molecule has 2 rings (SSSR count). The number of hydrogen-bond donors (Lipinski definition) is 1. The van der Waals surface area contributed by atoms with Gasteiger partial charge in [0.25, 0.3) is 5.91 Å². The molecule has 0 aliphatic carbocycles. The summed E-state index contributed by atoms with van der Waals surface area (Å²) in [5.41, 5.74) is 0.453. The van der Waals surface area contributed by atoms with Crippen molar-refractivity contribution in [3.8, 4) is 5.75 Å². The summed E-state index contributed by atoms with van der Waals surface area (Å²) >= 11 is 0. The first kappa shape index (κ1) is 20.6. The van der Waals surface area contributed by atoms with Crippen LogP contribution in [0.15, 0.2) is 42.5 Å². The highest BCUT2D eigenvalue weighted by molar-refractivity contribution is 5.98. The van der Waals surface area contributed by atoms with Gasteiger partial charge in [0.1, 0.15) is 0 Å². The van der Waals surface area contributed by atoms with E-state index < -0.39 is 22.9 Å². The molecule has 0 aliphatic heterocycles. The lowest BCUT2D eigenvalue weighted by Gasteiger charge is -2.14. The van der Waals surface area contributed by atoms with E-state index in [9.17, 15) is 24.5 Å². The van der Waals surface area contributed by atoms with Crippen LogP contribution in [0.2, 0.25) is 0 Å². The molecule has 0 saturated heterocycles. The minimum absolute atomic E-state index is 0.00125. The number of hydrogen-bond acceptors (Lipinski definition) is 7. The summed E-state index contributed by atoms with van der Waals surface area (Å²) in [6.07, 6.45) is -1.15. The molecular formula is C19H18N2O7. The fraction of sp³-hybridized carbons (Fsp3) is 0.211. The largest absolute Gasteiger partial charge is 0.490 e. The molecule has 146 valence electrons. The second-order valence-corrected chi connectivity index (χ2v) is 5.81. The van der Waals surface area contributed by atoms with Crippen LogP contribution in [-0.4, -0.2) is 35.8 Å². The van der Waals surface area contributed by atoms with Gasteiger partial charge in [-0.25, -0.2) is 4.79 Å². The predicted octanol–water partition coefficient (Wildman–Crippen LogP) is 2.99. The molecule has 0 spiro atoms. The number of carbonyl (C=O) groups is 3. The number of Topliss-reactive ketones (excluding diaryl/α,β-unsaturated/α-hetero) is 1. The summed E-state index contributed by atoms with van der Waals surface area (Å²) in [6.45, 7) is 2.80. The lowest BCUT2D eigenvalue weighted by atomic mass is 10.1. The van der Waals surface area contributed by atoms with E-state index in [0.29, 0.717) is 11.3 Å². The Kier molecular flexibility index (Phi) is 6.43. The van der Waals surface area contributed by atoms with Gasteiger partial charge >= 0.3 is 11.7 Å². The molecule has 9 nitrogen and oxygen atoms in total. The third-order valence-electron chi connectivity index (χ3n) is 3.82. The summed E-state index contributed by atoms with van der Waals surface area (Å²) < 4.78 is 9.94. The fourth-order valence-electron chi connectivity index (χ4n) is 2.27. The summed E-state index contributed by atoms with van der Waals surface area (Å²) in [6, 6.07) is 9.82. The molecule has 0 saturated carbocycles. The molecule has 9 heteroatoms. The number of carbonyl (C=O) groups excluding carboxylic acids is 3. The van der Waals surface area contributed by atoms with Gasteiger partial charge in [-0.1, -0.05) is 0 Å². The Morgan fingerprint density at radius 2 is 1.68 bits per heavy atom. The number of methoxy groups -OCH3 is 1. The highest BCUT2D eigenvalue weighted by Crippen LogP contribution is 2.28. The zero-order valence-electron chi connectivity index (χ0n) is 15.4. The zero-order chi connectivity index (χ0) is 20.8. The smallest absolute Gasteiger partial charge is 0.339 e. The molecule has 1 N–H and O–H groups in total. The first-order valence-corrected chi connectivity index (χ1v) is 8.18. The van der Waals surface area contributed by atoms with Crippen molar-refractivity contribution in [1.82, 2.24) is 0 Å². The molecule has 28 heavy (non-hydrogen) atoms. The van der Waals surface area contributed by atoms with E-state index in [-0.39, 0.29) is 22.8 Å². The highest BCUT2D eigenvalue weighted by Gasteiger charge is 2.23. The Morgan fingerprint density at radius 1 is 1.07 bits per heavy atom. The van der Waals surface area contributed by atoms with E-state index in [1.54, 1.807) is 24.3 Å². The summed E-state index contributed by atoms with van der Waals surface area (Å²) in [5, 5.41) is 13.6. The maximum absolute atomic E-state index is 12.2. The molecule has 2 aromatic carbocycles. The minimum Gasteiger partial charge on any atom is -0.490 e. The van der Waals surface area contributed by atoms with Gasteiger partial charge in [0.2, 0.25) is 0 Å². The summed E-state index contributed by atoms with van der Waals surface area (Å²) in [5.74, 6) is -1.58. The fourth-order valence-corrected chi connectivity index (χ4v) is 2.27.